The minimum Gasteiger partial charge on any atom is -0.393 e. The summed E-state index contributed by atoms with van der Waals surface area (Å²) in [7, 11) is 2.11. The molecule has 0 aromatic heterocycles. The van der Waals surface area contributed by atoms with Crippen LogP contribution in [0.1, 0.15) is 40.0 Å². The highest BCUT2D eigenvalue weighted by Crippen LogP contribution is 2.20. The van der Waals surface area contributed by atoms with Crippen LogP contribution in [0.5, 0.6) is 0 Å². The predicted octanol–water partition coefficient (Wildman–Crippen LogP) is 1.45. The SMILES string of the molecule is CC(O)CCN(C)CCCC(C)(C)CN. The van der Waals surface area contributed by atoms with Gasteiger partial charge in [0.1, 0.15) is 0 Å². The number of hydrogen-bond donors (Lipinski definition) is 2. The van der Waals surface area contributed by atoms with Gasteiger partial charge in [0.15, 0.2) is 0 Å². The molecule has 92 valence electrons. The third-order valence-electron chi connectivity index (χ3n) is 2.87. The molecule has 0 aromatic rings. The Labute approximate surface area is 94.6 Å². The summed E-state index contributed by atoms with van der Waals surface area (Å²) < 4.78 is 0. The van der Waals surface area contributed by atoms with Gasteiger partial charge in [0.2, 0.25) is 0 Å². The van der Waals surface area contributed by atoms with Crippen molar-refractivity contribution in [1.82, 2.24) is 4.90 Å². The van der Waals surface area contributed by atoms with Crippen molar-refractivity contribution in [2.24, 2.45) is 11.1 Å². The van der Waals surface area contributed by atoms with E-state index in [2.05, 4.69) is 25.8 Å². The average Bonchev–Trinajstić information content (AvgIpc) is 2.14. The van der Waals surface area contributed by atoms with Crippen LogP contribution in [-0.2, 0) is 0 Å². The molecule has 0 aromatic carbocycles. The maximum Gasteiger partial charge on any atom is 0.0524 e. The lowest BCUT2D eigenvalue weighted by atomic mass is 9.88. The van der Waals surface area contributed by atoms with Crippen LogP contribution in [-0.4, -0.2) is 42.8 Å². The Balaban J connectivity index is 3.50. The molecule has 15 heavy (non-hydrogen) atoms. The predicted molar refractivity (Wildman–Crippen MR) is 65.9 cm³/mol. The van der Waals surface area contributed by atoms with Gasteiger partial charge in [-0.05, 0) is 51.7 Å². The maximum absolute atomic E-state index is 9.15. The van der Waals surface area contributed by atoms with Gasteiger partial charge in [-0.15, -0.1) is 0 Å². The van der Waals surface area contributed by atoms with E-state index in [0.717, 1.165) is 26.1 Å². The molecule has 0 rings (SSSR count). The van der Waals surface area contributed by atoms with Crippen LogP contribution in [0.15, 0.2) is 0 Å². The summed E-state index contributed by atoms with van der Waals surface area (Å²) in [5.41, 5.74) is 5.94. The van der Waals surface area contributed by atoms with Gasteiger partial charge in [-0.2, -0.15) is 0 Å². The molecular formula is C12H28N2O. The molecule has 1 unspecified atom stereocenters. The van der Waals surface area contributed by atoms with Crippen molar-refractivity contribution in [1.29, 1.82) is 0 Å². The molecule has 0 aliphatic heterocycles. The molecule has 0 aliphatic carbocycles. The summed E-state index contributed by atoms with van der Waals surface area (Å²) in [6.45, 7) is 9.08. The van der Waals surface area contributed by atoms with Crippen molar-refractivity contribution in [2.45, 2.75) is 46.1 Å². The summed E-state index contributed by atoms with van der Waals surface area (Å²) in [6, 6.07) is 0. The van der Waals surface area contributed by atoms with E-state index >= 15 is 0 Å². The Morgan fingerprint density at radius 3 is 2.40 bits per heavy atom. The first-order chi connectivity index (χ1) is 6.87. The monoisotopic (exact) mass is 216 g/mol. The van der Waals surface area contributed by atoms with Crippen molar-refractivity contribution in [3.63, 3.8) is 0 Å². The second kappa shape index (κ2) is 7.20. The van der Waals surface area contributed by atoms with E-state index in [4.69, 9.17) is 10.8 Å². The van der Waals surface area contributed by atoms with E-state index in [1.165, 1.54) is 12.8 Å². The average molecular weight is 216 g/mol. The zero-order valence-electron chi connectivity index (χ0n) is 10.8. The van der Waals surface area contributed by atoms with Crippen LogP contribution >= 0.6 is 0 Å². The summed E-state index contributed by atoms with van der Waals surface area (Å²) in [5, 5.41) is 9.15. The molecular weight excluding hydrogens is 188 g/mol. The minimum absolute atomic E-state index is 0.187. The van der Waals surface area contributed by atoms with Crippen molar-refractivity contribution in [3.8, 4) is 0 Å². The van der Waals surface area contributed by atoms with E-state index in [0.29, 0.717) is 0 Å². The van der Waals surface area contributed by atoms with Gasteiger partial charge in [0.05, 0.1) is 6.10 Å². The lowest BCUT2D eigenvalue weighted by molar-refractivity contribution is 0.162. The number of aliphatic hydroxyl groups excluding tert-OH is 1. The molecule has 0 heterocycles. The maximum atomic E-state index is 9.15. The zero-order chi connectivity index (χ0) is 11.9. The highest BCUT2D eigenvalue weighted by Gasteiger charge is 2.14. The summed E-state index contributed by atoms with van der Waals surface area (Å²) in [5.74, 6) is 0. The lowest BCUT2D eigenvalue weighted by Crippen LogP contribution is -2.27. The number of rotatable bonds is 8. The van der Waals surface area contributed by atoms with Gasteiger partial charge in [0.25, 0.3) is 0 Å². The van der Waals surface area contributed by atoms with Crippen LogP contribution in [0.4, 0.5) is 0 Å². The second-order valence-corrected chi connectivity index (χ2v) is 5.41. The fourth-order valence-electron chi connectivity index (χ4n) is 1.45. The molecule has 3 N–H and O–H groups in total. The van der Waals surface area contributed by atoms with E-state index in [1.54, 1.807) is 0 Å². The second-order valence-electron chi connectivity index (χ2n) is 5.41. The van der Waals surface area contributed by atoms with Crippen LogP contribution < -0.4 is 5.73 Å². The van der Waals surface area contributed by atoms with Crippen LogP contribution in [0.25, 0.3) is 0 Å². The Kier molecular flexibility index (Phi) is 7.14. The molecule has 0 bridgehead atoms. The highest BCUT2D eigenvalue weighted by atomic mass is 16.3. The van der Waals surface area contributed by atoms with E-state index in [9.17, 15) is 0 Å². The highest BCUT2D eigenvalue weighted by molar-refractivity contribution is 4.69. The largest absolute Gasteiger partial charge is 0.393 e. The van der Waals surface area contributed by atoms with Gasteiger partial charge in [-0.3, -0.25) is 0 Å². The molecule has 0 saturated heterocycles. The topological polar surface area (TPSA) is 49.5 Å². The van der Waals surface area contributed by atoms with Crippen molar-refractivity contribution < 1.29 is 5.11 Å². The Hall–Kier alpha value is -0.120. The molecule has 0 aliphatic rings. The first kappa shape index (κ1) is 14.9. The first-order valence-corrected chi connectivity index (χ1v) is 5.94. The smallest absolute Gasteiger partial charge is 0.0524 e. The van der Waals surface area contributed by atoms with Crippen molar-refractivity contribution in [3.05, 3.63) is 0 Å². The van der Waals surface area contributed by atoms with Crippen LogP contribution in [0.2, 0.25) is 0 Å². The van der Waals surface area contributed by atoms with Gasteiger partial charge in [-0.1, -0.05) is 13.8 Å². The fraction of sp³-hybridized carbons (Fsp3) is 1.00. The Bertz CT molecular complexity index is 158. The standard InChI is InChI=1S/C12H28N2O/c1-11(15)6-9-14(4)8-5-7-12(2,3)10-13/h11,15H,5-10,13H2,1-4H3. The van der Waals surface area contributed by atoms with Gasteiger partial charge < -0.3 is 15.7 Å². The number of nitrogens with zero attached hydrogens (tertiary/aromatic N) is 1. The third-order valence-corrected chi connectivity index (χ3v) is 2.87. The van der Waals surface area contributed by atoms with Gasteiger partial charge in [-0.25, -0.2) is 0 Å². The van der Waals surface area contributed by atoms with E-state index in [1.807, 2.05) is 6.92 Å². The van der Waals surface area contributed by atoms with Crippen LogP contribution in [0.3, 0.4) is 0 Å². The fourth-order valence-corrected chi connectivity index (χ4v) is 1.45. The minimum atomic E-state index is -0.187. The molecule has 0 saturated carbocycles. The molecule has 3 heteroatoms. The Morgan fingerprint density at radius 1 is 1.33 bits per heavy atom. The Morgan fingerprint density at radius 2 is 1.93 bits per heavy atom. The molecule has 0 fully saturated rings. The quantitative estimate of drug-likeness (QED) is 0.646. The van der Waals surface area contributed by atoms with E-state index < -0.39 is 0 Å². The molecule has 3 nitrogen and oxygen atoms in total. The number of hydrogen-bond acceptors (Lipinski definition) is 3. The summed E-state index contributed by atoms with van der Waals surface area (Å²) in [4.78, 5) is 2.28. The number of nitrogens with two attached hydrogens (primary N) is 1. The first-order valence-electron chi connectivity index (χ1n) is 5.94. The molecule has 0 amide bonds. The van der Waals surface area contributed by atoms with Crippen molar-refractivity contribution >= 4 is 0 Å². The lowest BCUT2D eigenvalue weighted by Gasteiger charge is -2.24. The van der Waals surface area contributed by atoms with Crippen molar-refractivity contribution in [2.75, 3.05) is 26.7 Å². The number of aliphatic hydroxyl groups is 1. The van der Waals surface area contributed by atoms with Crippen LogP contribution in [0, 0.1) is 5.41 Å². The zero-order valence-corrected chi connectivity index (χ0v) is 10.8. The molecule has 1 atom stereocenters. The van der Waals surface area contributed by atoms with E-state index in [-0.39, 0.29) is 11.5 Å². The third kappa shape index (κ3) is 8.85. The van der Waals surface area contributed by atoms with Gasteiger partial charge >= 0.3 is 0 Å². The summed E-state index contributed by atoms with van der Waals surface area (Å²) in [6.07, 6.45) is 3.02. The molecule has 0 spiro atoms. The summed E-state index contributed by atoms with van der Waals surface area (Å²) >= 11 is 0. The molecule has 0 radical (unpaired) electrons. The van der Waals surface area contributed by atoms with Gasteiger partial charge in [0, 0.05) is 6.54 Å². The normalized spacial score (nSPS) is 14.6.